The molecule has 0 unspecified atom stereocenters. The number of hydrogen-bond acceptors (Lipinski definition) is 3. The molecule has 0 saturated carbocycles. The maximum absolute atomic E-state index is 13.0. The van der Waals surface area contributed by atoms with E-state index in [2.05, 4.69) is 5.32 Å². The molecule has 0 spiro atoms. The van der Waals surface area contributed by atoms with Crippen LogP contribution < -0.4 is 10.6 Å². The minimum absolute atomic E-state index is 0.255. The molecule has 74 valence electrons. The summed E-state index contributed by atoms with van der Waals surface area (Å²) >= 11 is 0. The highest BCUT2D eigenvalue weighted by Crippen LogP contribution is 2.08. The Morgan fingerprint density at radius 3 is 2.62 bits per heavy atom. The molecule has 13 heavy (non-hydrogen) atoms. The third-order valence-electron chi connectivity index (χ3n) is 1.45. The molecule has 1 fully saturated rings. The highest BCUT2D eigenvalue weighted by molar-refractivity contribution is 5.99. The van der Waals surface area contributed by atoms with E-state index >= 15 is 0 Å². The minimum atomic E-state index is -1.85. The molecule has 1 saturated heterocycles. The first-order valence-electron chi connectivity index (χ1n) is 3.91. The van der Waals surface area contributed by atoms with E-state index in [1.54, 1.807) is 19.2 Å². The Kier molecular flexibility index (Phi) is 2.82. The number of alkyl halides is 1. The highest BCUT2D eigenvalue weighted by atomic mass is 19.1. The molecule has 0 aromatic rings. The molecule has 0 aromatic carbocycles. The number of nitrogens with one attached hydrogen (secondary N) is 2. The number of amides is 3. The fourth-order valence-corrected chi connectivity index (χ4v) is 0.953. The predicted octanol–water partition coefficient (Wildman–Crippen LogP) is -0.0850. The number of hydrogen-bond donors (Lipinski definition) is 2. The molecule has 6 heteroatoms. The fraction of sp³-hybridized carbons (Fsp3) is 0.714. The van der Waals surface area contributed by atoms with Gasteiger partial charge in [-0.2, -0.15) is 0 Å². The van der Waals surface area contributed by atoms with Crippen LogP contribution in [0.3, 0.4) is 0 Å². The first kappa shape index (κ1) is 9.91. The number of imide groups is 1. The second kappa shape index (κ2) is 3.69. The molecule has 3 amide bonds. The SMILES string of the molecule is CC(C)O[C@@H]1NC(=O)NC(=O)[C@H]1F. The number of halogens is 1. The van der Waals surface area contributed by atoms with Gasteiger partial charge in [0.1, 0.15) is 0 Å². The van der Waals surface area contributed by atoms with Crippen molar-refractivity contribution in [1.29, 1.82) is 0 Å². The van der Waals surface area contributed by atoms with E-state index in [-0.39, 0.29) is 6.10 Å². The zero-order valence-electron chi connectivity index (χ0n) is 7.33. The quantitative estimate of drug-likeness (QED) is 0.639. The summed E-state index contributed by atoms with van der Waals surface area (Å²) in [6.07, 6.45) is -3.28. The first-order valence-corrected chi connectivity index (χ1v) is 3.91. The molecular formula is C7H11FN2O3. The number of rotatable bonds is 2. The van der Waals surface area contributed by atoms with Gasteiger partial charge in [0.2, 0.25) is 6.17 Å². The second-order valence-electron chi connectivity index (χ2n) is 2.97. The van der Waals surface area contributed by atoms with Crippen LogP contribution in [0.25, 0.3) is 0 Å². The van der Waals surface area contributed by atoms with Crippen LogP contribution in [-0.4, -0.2) is 30.4 Å². The van der Waals surface area contributed by atoms with Crippen molar-refractivity contribution >= 4 is 11.9 Å². The Labute approximate surface area is 74.6 Å². The smallest absolute Gasteiger partial charge is 0.323 e. The molecule has 0 bridgehead atoms. The van der Waals surface area contributed by atoms with Crippen LogP contribution >= 0.6 is 0 Å². The van der Waals surface area contributed by atoms with Gasteiger partial charge in [0.05, 0.1) is 6.10 Å². The summed E-state index contributed by atoms with van der Waals surface area (Å²) in [4.78, 5) is 21.5. The number of carbonyl (C=O) groups is 2. The van der Waals surface area contributed by atoms with Gasteiger partial charge in [-0.15, -0.1) is 0 Å². The van der Waals surface area contributed by atoms with Crippen molar-refractivity contribution in [1.82, 2.24) is 10.6 Å². The van der Waals surface area contributed by atoms with Crippen molar-refractivity contribution in [2.75, 3.05) is 0 Å². The van der Waals surface area contributed by atoms with E-state index in [1.165, 1.54) is 0 Å². The van der Waals surface area contributed by atoms with Crippen LogP contribution in [0.4, 0.5) is 9.18 Å². The summed E-state index contributed by atoms with van der Waals surface area (Å²) in [5.74, 6) is -0.964. The Morgan fingerprint density at radius 1 is 1.46 bits per heavy atom. The molecule has 1 heterocycles. The lowest BCUT2D eigenvalue weighted by molar-refractivity contribution is -0.136. The van der Waals surface area contributed by atoms with Gasteiger partial charge in [0, 0.05) is 0 Å². The van der Waals surface area contributed by atoms with Crippen molar-refractivity contribution in [2.24, 2.45) is 0 Å². The van der Waals surface area contributed by atoms with E-state index in [1.807, 2.05) is 0 Å². The molecule has 1 rings (SSSR count). The van der Waals surface area contributed by atoms with Crippen LogP contribution in [0.2, 0.25) is 0 Å². The summed E-state index contributed by atoms with van der Waals surface area (Å²) in [7, 11) is 0. The average Bonchev–Trinajstić information content (AvgIpc) is 1.98. The lowest BCUT2D eigenvalue weighted by atomic mass is 10.2. The molecule has 0 aliphatic carbocycles. The van der Waals surface area contributed by atoms with E-state index < -0.39 is 24.3 Å². The summed E-state index contributed by atoms with van der Waals surface area (Å²) in [5.41, 5.74) is 0. The molecule has 1 aliphatic rings. The van der Waals surface area contributed by atoms with Crippen LogP contribution in [0, 0.1) is 0 Å². The zero-order chi connectivity index (χ0) is 10.0. The van der Waals surface area contributed by atoms with E-state index in [9.17, 15) is 14.0 Å². The molecule has 2 N–H and O–H groups in total. The normalized spacial score (nSPS) is 28.6. The van der Waals surface area contributed by atoms with Gasteiger partial charge in [-0.3, -0.25) is 10.1 Å². The molecule has 0 radical (unpaired) electrons. The molecule has 5 nitrogen and oxygen atoms in total. The van der Waals surface area contributed by atoms with Crippen molar-refractivity contribution in [3.8, 4) is 0 Å². The second-order valence-corrected chi connectivity index (χ2v) is 2.97. The summed E-state index contributed by atoms with van der Waals surface area (Å²) in [5, 5.41) is 3.95. The Balaban J connectivity index is 2.61. The Morgan fingerprint density at radius 2 is 2.08 bits per heavy atom. The lowest BCUT2D eigenvalue weighted by Crippen LogP contribution is -2.60. The zero-order valence-corrected chi connectivity index (χ0v) is 7.33. The van der Waals surface area contributed by atoms with Gasteiger partial charge in [0.25, 0.3) is 5.91 Å². The van der Waals surface area contributed by atoms with Crippen molar-refractivity contribution in [2.45, 2.75) is 32.4 Å². The van der Waals surface area contributed by atoms with Crippen molar-refractivity contribution in [3.05, 3.63) is 0 Å². The van der Waals surface area contributed by atoms with Gasteiger partial charge in [-0.1, -0.05) is 0 Å². The fourth-order valence-electron chi connectivity index (χ4n) is 0.953. The first-order chi connectivity index (χ1) is 6.00. The van der Waals surface area contributed by atoms with Crippen LogP contribution in [-0.2, 0) is 9.53 Å². The Bertz CT molecular complexity index is 232. The average molecular weight is 190 g/mol. The standard InChI is InChI=1S/C7H11FN2O3/c1-3(2)13-6-4(8)5(11)9-7(12)10-6/h3-4,6H,1-2H3,(H2,9,10,11,12)/t4-,6+/m1/s1. The van der Waals surface area contributed by atoms with E-state index in [0.29, 0.717) is 0 Å². The Hall–Kier alpha value is -1.17. The number of ether oxygens (including phenoxy) is 1. The largest absolute Gasteiger partial charge is 0.352 e. The molecule has 2 atom stereocenters. The summed E-state index contributed by atoms with van der Waals surface area (Å²) in [6, 6.07) is -0.732. The number of carbonyl (C=O) groups excluding carboxylic acids is 2. The number of urea groups is 1. The van der Waals surface area contributed by atoms with Gasteiger partial charge in [-0.25, -0.2) is 9.18 Å². The monoisotopic (exact) mass is 190 g/mol. The van der Waals surface area contributed by atoms with Crippen LogP contribution in [0.5, 0.6) is 0 Å². The van der Waals surface area contributed by atoms with Crippen LogP contribution in [0.15, 0.2) is 0 Å². The van der Waals surface area contributed by atoms with Crippen molar-refractivity contribution < 1.29 is 18.7 Å². The van der Waals surface area contributed by atoms with Gasteiger partial charge in [0.15, 0.2) is 6.23 Å². The van der Waals surface area contributed by atoms with Gasteiger partial charge >= 0.3 is 6.03 Å². The molecular weight excluding hydrogens is 179 g/mol. The third-order valence-corrected chi connectivity index (χ3v) is 1.45. The van der Waals surface area contributed by atoms with E-state index in [4.69, 9.17) is 4.74 Å². The minimum Gasteiger partial charge on any atom is -0.352 e. The van der Waals surface area contributed by atoms with E-state index in [0.717, 1.165) is 0 Å². The topological polar surface area (TPSA) is 67.4 Å². The van der Waals surface area contributed by atoms with Crippen molar-refractivity contribution in [3.63, 3.8) is 0 Å². The predicted molar refractivity (Wildman–Crippen MR) is 41.6 cm³/mol. The molecule has 0 aromatic heterocycles. The third kappa shape index (κ3) is 2.38. The summed E-state index contributed by atoms with van der Waals surface area (Å²) < 4.78 is 18.0. The van der Waals surface area contributed by atoms with Gasteiger partial charge in [-0.05, 0) is 13.8 Å². The van der Waals surface area contributed by atoms with Gasteiger partial charge < -0.3 is 10.1 Å². The van der Waals surface area contributed by atoms with Crippen LogP contribution in [0.1, 0.15) is 13.8 Å². The maximum Gasteiger partial charge on any atom is 0.323 e. The highest BCUT2D eigenvalue weighted by Gasteiger charge is 2.36. The molecule has 1 aliphatic heterocycles. The summed E-state index contributed by atoms with van der Waals surface area (Å²) in [6.45, 7) is 3.37. The lowest BCUT2D eigenvalue weighted by Gasteiger charge is -2.27. The maximum atomic E-state index is 13.0.